The molecule has 7 nitrogen and oxygen atoms in total. The third kappa shape index (κ3) is 3.47. The quantitative estimate of drug-likeness (QED) is 0.847. The lowest BCUT2D eigenvalue weighted by Gasteiger charge is -2.23. The molecule has 1 N–H and O–H groups in total. The summed E-state index contributed by atoms with van der Waals surface area (Å²) >= 11 is 0. The SMILES string of the molecule is C[C@@H](c1ccon1)N(C)C(=O)CNC(=O)N(C)C. The van der Waals surface area contributed by atoms with E-state index >= 15 is 0 Å². The summed E-state index contributed by atoms with van der Waals surface area (Å²) in [6, 6.07) is 1.20. The molecule has 0 aliphatic carbocycles. The van der Waals surface area contributed by atoms with E-state index in [1.807, 2.05) is 6.92 Å². The van der Waals surface area contributed by atoms with Crippen LogP contribution < -0.4 is 5.32 Å². The molecule has 0 saturated heterocycles. The lowest BCUT2D eigenvalue weighted by Crippen LogP contribution is -2.42. The molecule has 100 valence electrons. The summed E-state index contributed by atoms with van der Waals surface area (Å²) in [5.74, 6) is -0.194. The maximum absolute atomic E-state index is 11.8. The largest absolute Gasteiger partial charge is 0.364 e. The highest BCUT2D eigenvalue weighted by atomic mass is 16.5. The minimum atomic E-state index is -0.300. The number of aromatic nitrogens is 1. The second kappa shape index (κ2) is 6.04. The van der Waals surface area contributed by atoms with Crippen LogP contribution >= 0.6 is 0 Å². The molecule has 7 heteroatoms. The van der Waals surface area contributed by atoms with Gasteiger partial charge < -0.3 is 19.6 Å². The fourth-order valence-electron chi connectivity index (χ4n) is 1.29. The first kappa shape index (κ1) is 14.0. The van der Waals surface area contributed by atoms with E-state index in [1.54, 1.807) is 27.2 Å². The predicted octanol–water partition coefficient (Wildman–Crippen LogP) is 0.465. The molecular formula is C11H18N4O3. The molecule has 1 aromatic heterocycles. The highest BCUT2D eigenvalue weighted by Gasteiger charge is 2.19. The first-order chi connectivity index (χ1) is 8.43. The molecule has 0 spiro atoms. The number of hydrogen-bond donors (Lipinski definition) is 1. The Morgan fingerprint density at radius 3 is 2.61 bits per heavy atom. The van der Waals surface area contributed by atoms with Gasteiger partial charge in [0.25, 0.3) is 0 Å². The molecule has 0 aliphatic heterocycles. The lowest BCUT2D eigenvalue weighted by molar-refractivity contribution is -0.130. The van der Waals surface area contributed by atoms with Gasteiger partial charge in [0.1, 0.15) is 12.0 Å². The van der Waals surface area contributed by atoms with Crippen LogP contribution in [0.3, 0.4) is 0 Å². The van der Waals surface area contributed by atoms with E-state index in [-0.39, 0.29) is 24.5 Å². The second-order valence-electron chi connectivity index (χ2n) is 4.16. The van der Waals surface area contributed by atoms with Crippen LogP contribution in [0.4, 0.5) is 4.79 Å². The summed E-state index contributed by atoms with van der Waals surface area (Å²) in [7, 11) is 4.88. The second-order valence-corrected chi connectivity index (χ2v) is 4.16. The van der Waals surface area contributed by atoms with E-state index in [4.69, 9.17) is 4.52 Å². The molecule has 0 bridgehead atoms. The molecule has 0 fully saturated rings. The average Bonchev–Trinajstić information content (AvgIpc) is 2.87. The third-order valence-corrected chi connectivity index (χ3v) is 2.66. The summed E-state index contributed by atoms with van der Waals surface area (Å²) in [4.78, 5) is 26.0. The van der Waals surface area contributed by atoms with Crippen LogP contribution in [0, 0.1) is 0 Å². The van der Waals surface area contributed by atoms with Gasteiger partial charge in [-0.15, -0.1) is 0 Å². The number of carbonyl (C=O) groups excluding carboxylic acids is 2. The topological polar surface area (TPSA) is 78.7 Å². The summed E-state index contributed by atoms with van der Waals surface area (Å²) in [6.45, 7) is 1.79. The van der Waals surface area contributed by atoms with Gasteiger partial charge in [-0.1, -0.05) is 5.16 Å². The zero-order chi connectivity index (χ0) is 13.7. The van der Waals surface area contributed by atoms with E-state index in [9.17, 15) is 9.59 Å². The third-order valence-electron chi connectivity index (χ3n) is 2.66. The van der Waals surface area contributed by atoms with E-state index in [2.05, 4.69) is 10.5 Å². The van der Waals surface area contributed by atoms with Crippen molar-refractivity contribution in [3.05, 3.63) is 18.0 Å². The van der Waals surface area contributed by atoms with Crippen molar-refractivity contribution in [2.75, 3.05) is 27.7 Å². The van der Waals surface area contributed by atoms with Crippen molar-refractivity contribution in [3.8, 4) is 0 Å². The molecule has 0 aromatic carbocycles. The van der Waals surface area contributed by atoms with Gasteiger partial charge >= 0.3 is 6.03 Å². The molecule has 3 amide bonds. The van der Waals surface area contributed by atoms with Gasteiger partial charge in [0.2, 0.25) is 5.91 Å². The van der Waals surface area contributed by atoms with E-state index < -0.39 is 0 Å². The van der Waals surface area contributed by atoms with Crippen molar-refractivity contribution in [3.63, 3.8) is 0 Å². The number of carbonyl (C=O) groups is 2. The number of amides is 3. The molecule has 1 heterocycles. The molecule has 0 saturated carbocycles. The van der Waals surface area contributed by atoms with Crippen molar-refractivity contribution in [1.29, 1.82) is 0 Å². The van der Waals surface area contributed by atoms with E-state index in [0.717, 1.165) is 0 Å². The molecule has 1 aromatic rings. The first-order valence-electron chi connectivity index (χ1n) is 5.54. The summed E-state index contributed by atoms with van der Waals surface area (Å²) in [5.41, 5.74) is 0.671. The molecule has 1 atom stereocenters. The molecule has 0 aliphatic rings. The van der Waals surface area contributed by atoms with Gasteiger partial charge in [0.05, 0.1) is 12.6 Å². The number of rotatable bonds is 4. The Balaban J connectivity index is 2.49. The van der Waals surface area contributed by atoms with Crippen molar-refractivity contribution < 1.29 is 14.1 Å². The van der Waals surface area contributed by atoms with E-state index in [1.165, 1.54) is 16.1 Å². The van der Waals surface area contributed by atoms with Gasteiger partial charge in [-0.2, -0.15) is 0 Å². The van der Waals surface area contributed by atoms with Crippen LogP contribution in [0.15, 0.2) is 16.9 Å². The number of hydrogen-bond acceptors (Lipinski definition) is 4. The molecule has 1 rings (SSSR count). The maximum Gasteiger partial charge on any atom is 0.317 e. The first-order valence-corrected chi connectivity index (χ1v) is 5.54. The normalized spacial score (nSPS) is 11.8. The van der Waals surface area contributed by atoms with Crippen molar-refractivity contribution in [2.45, 2.75) is 13.0 Å². The summed E-state index contributed by atoms with van der Waals surface area (Å²) < 4.78 is 4.73. The summed E-state index contributed by atoms with van der Waals surface area (Å²) in [6.07, 6.45) is 1.46. The van der Waals surface area contributed by atoms with Gasteiger partial charge in [-0.3, -0.25) is 4.79 Å². The monoisotopic (exact) mass is 254 g/mol. The highest BCUT2D eigenvalue weighted by Crippen LogP contribution is 2.15. The lowest BCUT2D eigenvalue weighted by atomic mass is 10.2. The fourth-order valence-corrected chi connectivity index (χ4v) is 1.29. The smallest absolute Gasteiger partial charge is 0.317 e. The Bertz CT molecular complexity index is 402. The molecule has 18 heavy (non-hydrogen) atoms. The fraction of sp³-hybridized carbons (Fsp3) is 0.545. The maximum atomic E-state index is 11.8. The van der Waals surface area contributed by atoms with Crippen LogP contribution in [0.5, 0.6) is 0 Å². The van der Waals surface area contributed by atoms with Crippen molar-refractivity contribution in [2.24, 2.45) is 0 Å². The van der Waals surface area contributed by atoms with Crippen molar-refractivity contribution >= 4 is 11.9 Å². The van der Waals surface area contributed by atoms with Crippen LogP contribution in [-0.2, 0) is 4.79 Å². The Hall–Kier alpha value is -2.05. The van der Waals surface area contributed by atoms with Crippen LogP contribution in [0.1, 0.15) is 18.7 Å². The molecule has 0 radical (unpaired) electrons. The number of urea groups is 1. The predicted molar refractivity (Wildman–Crippen MR) is 64.8 cm³/mol. The minimum Gasteiger partial charge on any atom is -0.364 e. The van der Waals surface area contributed by atoms with E-state index in [0.29, 0.717) is 5.69 Å². The van der Waals surface area contributed by atoms with Gasteiger partial charge in [0.15, 0.2) is 0 Å². The number of likely N-dealkylation sites (N-methyl/N-ethyl adjacent to an activating group) is 1. The zero-order valence-corrected chi connectivity index (χ0v) is 11.0. The Morgan fingerprint density at radius 2 is 2.11 bits per heavy atom. The molecule has 0 unspecified atom stereocenters. The Labute approximate surface area is 106 Å². The van der Waals surface area contributed by atoms with Gasteiger partial charge in [0, 0.05) is 27.2 Å². The molecular weight excluding hydrogens is 236 g/mol. The van der Waals surface area contributed by atoms with Gasteiger partial charge in [-0.25, -0.2) is 4.79 Å². The Morgan fingerprint density at radius 1 is 1.44 bits per heavy atom. The summed E-state index contributed by atoms with van der Waals surface area (Å²) in [5, 5.41) is 6.29. The van der Waals surface area contributed by atoms with Crippen LogP contribution in [0.2, 0.25) is 0 Å². The minimum absolute atomic E-state index is 0.0459. The van der Waals surface area contributed by atoms with Gasteiger partial charge in [-0.05, 0) is 6.92 Å². The van der Waals surface area contributed by atoms with Crippen LogP contribution in [-0.4, -0.2) is 54.6 Å². The zero-order valence-electron chi connectivity index (χ0n) is 11.0. The van der Waals surface area contributed by atoms with Crippen LogP contribution in [0.25, 0.3) is 0 Å². The Kier molecular flexibility index (Phi) is 4.70. The standard InChI is InChI=1S/C11H18N4O3/c1-8(9-5-6-18-13-9)15(4)10(16)7-12-11(17)14(2)3/h5-6,8H,7H2,1-4H3,(H,12,17)/t8-/m0/s1. The number of nitrogens with zero attached hydrogens (tertiary/aromatic N) is 3. The van der Waals surface area contributed by atoms with Crippen molar-refractivity contribution in [1.82, 2.24) is 20.3 Å². The average molecular weight is 254 g/mol. The number of nitrogens with one attached hydrogen (secondary N) is 1. The highest BCUT2D eigenvalue weighted by molar-refractivity contribution is 5.83.